The third kappa shape index (κ3) is 1.20. The van der Waals surface area contributed by atoms with Gasteiger partial charge in [0.25, 0.3) is 0 Å². The lowest BCUT2D eigenvalue weighted by Crippen LogP contribution is -1.77. The highest BCUT2D eigenvalue weighted by molar-refractivity contribution is 6.30. The number of nitrogens with one attached hydrogen (secondary N) is 1. The quantitative estimate of drug-likeness (QED) is 0.560. The number of rotatable bonds is 0. The van der Waals surface area contributed by atoms with Gasteiger partial charge in [0, 0.05) is 5.02 Å². The molecule has 0 amide bonds. The molecule has 0 aromatic heterocycles. The molecule has 0 fully saturated rings. The molecular weight excluding hydrogens is 148 g/mol. The fraction of sp³-hybridized carbons (Fsp3) is 0. The Bertz CT molecular complexity index is 288. The van der Waals surface area contributed by atoms with Crippen LogP contribution in [-0.4, -0.2) is 0 Å². The number of nitrogens with zero attached hydrogens (tertiary/aromatic N) is 1. The summed E-state index contributed by atoms with van der Waals surface area (Å²) in [5.41, 5.74) is 7.73. The molecule has 0 aliphatic rings. The minimum atomic E-state index is 0.176. The summed E-state index contributed by atoms with van der Waals surface area (Å²) in [7, 11) is 0. The largest absolute Gasteiger partial charge is 0.299 e. The zero-order chi connectivity index (χ0) is 7.56. The van der Waals surface area contributed by atoms with E-state index >= 15 is 0 Å². The molecule has 0 atom stereocenters. The maximum Gasteiger partial charge on any atom is 0.101 e. The Morgan fingerprint density at radius 2 is 2.20 bits per heavy atom. The summed E-state index contributed by atoms with van der Waals surface area (Å²) >= 11 is 5.54. The Balaban J connectivity index is 3.23. The second-order valence-electron chi connectivity index (χ2n) is 1.80. The average Bonchev–Trinajstić information content (AvgIpc) is 1.88. The Hall–Kier alpha value is -1.20. The van der Waals surface area contributed by atoms with E-state index in [1.807, 2.05) is 6.07 Å². The minimum Gasteiger partial charge on any atom is -0.299 e. The van der Waals surface area contributed by atoms with Crippen LogP contribution in [0.3, 0.4) is 0 Å². The Labute approximate surface area is 63.8 Å². The molecule has 0 saturated carbocycles. The third-order valence-corrected chi connectivity index (χ3v) is 1.34. The van der Waals surface area contributed by atoms with Crippen LogP contribution in [0.2, 0.25) is 5.02 Å². The molecule has 0 saturated heterocycles. The summed E-state index contributed by atoms with van der Waals surface area (Å²) in [6.07, 6.45) is 0. The zero-order valence-corrected chi connectivity index (χ0v) is 5.81. The third-order valence-electron chi connectivity index (χ3n) is 1.10. The van der Waals surface area contributed by atoms with E-state index in [2.05, 4.69) is 0 Å². The Morgan fingerprint density at radius 1 is 1.50 bits per heavy atom. The number of hydrogen-bond acceptors (Lipinski definition) is 1. The van der Waals surface area contributed by atoms with Crippen molar-refractivity contribution >= 4 is 17.3 Å². The molecule has 0 heterocycles. The average molecular weight is 152 g/mol. The van der Waals surface area contributed by atoms with Gasteiger partial charge < -0.3 is 0 Å². The van der Waals surface area contributed by atoms with Crippen LogP contribution in [0.15, 0.2) is 18.2 Å². The molecule has 1 radical (unpaired) electrons. The molecule has 1 aromatic rings. The summed E-state index contributed by atoms with van der Waals surface area (Å²) in [4.78, 5) is 0. The predicted molar refractivity (Wildman–Crippen MR) is 38.9 cm³/mol. The van der Waals surface area contributed by atoms with E-state index in [1.54, 1.807) is 6.07 Å². The fourth-order valence-corrected chi connectivity index (χ4v) is 0.786. The molecule has 3 heteroatoms. The van der Waals surface area contributed by atoms with Crippen molar-refractivity contribution in [3.05, 3.63) is 28.8 Å². The van der Waals surface area contributed by atoms with Crippen LogP contribution in [0.4, 0.5) is 5.69 Å². The van der Waals surface area contributed by atoms with Gasteiger partial charge in [-0.1, -0.05) is 11.6 Å². The summed E-state index contributed by atoms with van der Waals surface area (Å²) in [5, 5.41) is 8.89. The first-order valence-corrected chi connectivity index (χ1v) is 3.03. The molecule has 0 bridgehead atoms. The lowest BCUT2D eigenvalue weighted by molar-refractivity contribution is 1.42. The molecule has 0 spiro atoms. The predicted octanol–water partition coefficient (Wildman–Crippen LogP) is 2.13. The minimum absolute atomic E-state index is 0.176. The van der Waals surface area contributed by atoms with Gasteiger partial charge in [0.05, 0.1) is 11.3 Å². The normalized spacial score (nSPS) is 8.80. The molecule has 10 heavy (non-hydrogen) atoms. The van der Waals surface area contributed by atoms with Gasteiger partial charge >= 0.3 is 0 Å². The van der Waals surface area contributed by atoms with Crippen molar-refractivity contribution in [2.75, 3.05) is 0 Å². The monoisotopic (exact) mass is 151 g/mol. The van der Waals surface area contributed by atoms with Gasteiger partial charge in [0.15, 0.2) is 0 Å². The van der Waals surface area contributed by atoms with Crippen LogP contribution < -0.4 is 5.73 Å². The molecular formula is C7H4ClN2. The maximum atomic E-state index is 8.40. The van der Waals surface area contributed by atoms with Crippen molar-refractivity contribution in [1.29, 1.82) is 5.26 Å². The van der Waals surface area contributed by atoms with Crippen LogP contribution in [0.25, 0.3) is 0 Å². The number of nitriles is 1. The van der Waals surface area contributed by atoms with Crippen LogP contribution in [0.5, 0.6) is 0 Å². The van der Waals surface area contributed by atoms with Crippen LogP contribution in [-0.2, 0) is 0 Å². The lowest BCUT2D eigenvalue weighted by Gasteiger charge is -1.93. The molecule has 0 aliphatic heterocycles. The summed E-state index contributed by atoms with van der Waals surface area (Å²) in [6.45, 7) is 0. The topological polar surface area (TPSA) is 47.6 Å². The molecule has 0 aliphatic carbocycles. The lowest BCUT2D eigenvalue weighted by atomic mass is 10.2. The summed E-state index contributed by atoms with van der Waals surface area (Å²) in [6, 6.07) is 6.45. The van der Waals surface area contributed by atoms with Gasteiger partial charge in [0.1, 0.15) is 6.07 Å². The van der Waals surface area contributed by atoms with Crippen molar-refractivity contribution in [3.63, 3.8) is 0 Å². The SMILES string of the molecule is N#Cc1ccc(Cl)cc1[NH]. The summed E-state index contributed by atoms with van der Waals surface area (Å²) < 4.78 is 0. The van der Waals surface area contributed by atoms with Crippen molar-refractivity contribution in [2.24, 2.45) is 0 Å². The Kier molecular flexibility index (Phi) is 1.79. The molecule has 1 aromatic carbocycles. The smallest absolute Gasteiger partial charge is 0.101 e. The summed E-state index contributed by atoms with van der Waals surface area (Å²) in [5.74, 6) is 0. The van der Waals surface area contributed by atoms with Crippen molar-refractivity contribution in [2.45, 2.75) is 0 Å². The van der Waals surface area contributed by atoms with Gasteiger partial charge in [-0.15, -0.1) is 0 Å². The van der Waals surface area contributed by atoms with E-state index < -0.39 is 0 Å². The number of hydrogen-bond donors (Lipinski definition) is 0. The van der Waals surface area contributed by atoms with Crippen LogP contribution in [0.1, 0.15) is 5.56 Å². The van der Waals surface area contributed by atoms with E-state index in [0.29, 0.717) is 10.6 Å². The second-order valence-corrected chi connectivity index (χ2v) is 2.24. The van der Waals surface area contributed by atoms with E-state index in [9.17, 15) is 0 Å². The highest BCUT2D eigenvalue weighted by Gasteiger charge is 1.96. The highest BCUT2D eigenvalue weighted by atomic mass is 35.5. The zero-order valence-electron chi connectivity index (χ0n) is 5.06. The van der Waals surface area contributed by atoms with Crippen LogP contribution in [0, 0.1) is 11.3 Å². The van der Waals surface area contributed by atoms with Gasteiger partial charge in [-0.25, -0.2) is 0 Å². The first-order chi connectivity index (χ1) is 4.74. The van der Waals surface area contributed by atoms with Gasteiger partial charge in [-0.05, 0) is 18.2 Å². The second kappa shape index (κ2) is 2.59. The fourth-order valence-electron chi connectivity index (χ4n) is 0.614. The van der Waals surface area contributed by atoms with Gasteiger partial charge in [0.2, 0.25) is 0 Å². The van der Waals surface area contributed by atoms with E-state index in [1.165, 1.54) is 12.1 Å². The first kappa shape index (κ1) is 6.91. The van der Waals surface area contributed by atoms with Crippen molar-refractivity contribution < 1.29 is 0 Å². The molecule has 2 nitrogen and oxygen atoms in total. The molecule has 49 valence electrons. The van der Waals surface area contributed by atoms with Gasteiger partial charge in [-0.2, -0.15) is 5.26 Å². The standard InChI is InChI=1S/C7H4ClN2/c8-6-2-1-5(4-9)7(10)3-6/h1-3,10H. The van der Waals surface area contributed by atoms with Crippen molar-refractivity contribution in [3.8, 4) is 6.07 Å². The van der Waals surface area contributed by atoms with Crippen LogP contribution >= 0.6 is 11.6 Å². The maximum absolute atomic E-state index is 8.40. The van der Waals surface area contributed by atoms with E-state index in [0.717, 1.165) is 0 Å². The molecule has 1 rings (SSSR count). The number of benzene rings is 1. The van der Waals surface area contributed by atoms with Gasteiger partial charge in [-0.3, -0.25) is 5.73 Å². The van der Waals surface area contributed by atoms with E-state index in [-0.39, 0.29) is 5.69 Å². The Morgan fingerprint density at radius 3 is 2.70 bits per heavy atom. The molecule has 0 unspecified atom stereocenters. The first-order valence-electron chi connectivity index (χ1n) is 2.65. The number of halogens is 1. The van der Waals surface area contributed by atoms with E-state index in [4.69, 9.17) is 22.6 Å². The van der Waals surface area contributed by atoms with Crippen molar-refractivity contribution in [1.82, 2.24) is 5.73 Å². The highest BCUT2D eigenvalue weighted by Crippen LogP contribution is 2.17. The molecule has 1 N–H and O–H groups in total.